The Morgan fingerprint density at radius 3 is 2.40 bits per heavy atom. The highest BCUT2D eigenvalue weighted by molar-refractivity contribution is 6.40. The van der Waals surface area contributed by atoms with Gasteiger partial charge in [-0.05, 0) is 32.0 Å². The topological polar surface area (TPSA) is 74.8 Å². The van der Waals surface area contributed by atoms with Crippen molar-refractivity contribution >= 4 is 51.5 Å². The fourth-order valence-corrected chi connectivity index (χ4v) is 3.30. The molecule has 0 atom stereocenters. The van der Waals surface area contributed by atoms with Crippen LogP contribution in [0.2, 0.25) is 10.0 Å². The van der Waals surface area contributed by atoms with Gasteiger partial charge in [0, 0.05) is 10.9 Å². The van der Waals surface area contributed by atoms with Gasteiger partial charge in [0.1, 0.15) is 5.76 Å². The maximum atomic E-state index is 12.6. The Bertz CT molecular complexity index is 989. The minimum absolute atomic E-state index is 0.194. The van der Waals surface area contributed by atoms with Gasteiger partial charge in [-0.2, -0.15) is 0 Å². The molecular weight excluding hydrogens is 363 g/mol. The van der Waals surface area contributed by atoms with E-state index in [1.165, 1.54) is 0 Å². The van der Waals surface area contributed by atoms with E-state index in [0.717, 1.165) is 5.39 Å². The van der Waals surface area contributed by atoms with Crippen LogP contribution in [-0.4, -0.2) is 16.8 Å². The maximum Gasteiger partial charge on any atom is 0.258 e. The van der Waals surface area contributed by atoms with Gasteiger partial charge in [-0.15, -0.1) is 0 Å². The Kier molecular flexibility index (Phi) is 4.70. The summed E-state index contributed by atoms with van der Waals surface area (Å²) in [5.74, 6) is 0.147. The standard InChI is InChI=1S/C18H14Cl2N2O3/c1-9(22-24)15-10(2)25-17-11(15)5-3-8-14(17)21-18(23)16-12(19)6-4-7-13(16)20/h3-8,24H,1-2H3,(H,21,23). The summed E-state index contributed by atoms with van der Waals surface area (Å²) in [6, 6.07) is 10.2. The normalized spacial score (nSPS) is 11.8. The van der Waals surface area contributed by atoms with Crippen LogP contribution in [0.25, 0.3) is 11.0 Å². The van der Waals surface area contributed by atoms with Crippen molar-refractivity contribution in [2.24, 2.45) is 5.16 Å². The average Bonchev–Trinajstić information content (AvgIpc) is 2.91. The third kappa shape index (κ3) is 3.08. The molecule has 1 heterocycles. The number of furan rings is 1. The van der Waals surface area contributed by atoms with Crippen molar-refractivity contribution in [2.45, 2.75) is 13.8 Å². The predicted octanol–water partition coefficient (Wildman–Crippen LogP) is 5.50. The van der Waals surface area contributed by atoms with E-state index in [2.05, 4.69) is 10.5 Å². The summed E-state index contributed by atoms with van der Waals surface area (Å²) in [5, 5.41) is 16.3. The number of hydrogen-bond acceptors (Lipinski definition) is 4. The van der Waals surface area contributed by atoms with Gasteiger partial charge in [0.15, 0.2) is 5.58 Å². The molecule has 3 aromatic rings. The van der Waals surface area contributed by atoms with Crippen LogP contribution in [0.5, 0.6) is 0 Å². The number of para-hydroxylation sites is 1. The molecule has 0 aliphatic rings. The third-order valence-corrected chi connectivity index (χ3v) is 4.47. The molecular formula is C18H14Cl2N2O3. The zero-order chi connectivity index (χ0) is 18.1. The van der Waals surface area contributed by atoms with Gasteiger partial charge in [-0.3, -0.25) is 4.79 Å². The van der Waals surface area contributed by atoms with Gasteiger partial charge in [0.2, 0.25) is 0 Å². The molecule has 1 aromatic heterocycles. The van der Waals surface area contributed by atoms with E-state index in [0.29, 0.717) is 28.3 Å². The summed E-state index contributed by atoms with van der Waals surface area (Å²) in [5.41, 5.74) is 2.26. The van der Waals surface area contributed by atoms with Gasteiger partial charge in [-0.1, -0.05) is 46.6 Å². The lowest BCUT2D eigenvalue weighted by atomic mass is 10.1. The highest BCUT2D eigenvalue weighted by atomic mass is 35.5. The molecule has 1 amide bonds. The summed E-state index contributed by atoms with van der Waals surface area (Å²) in [4.78, 5) is 12.6. The van der Waals surface area contributed by atoms with E-state index >= 15 is 0 Å². The van der Waals surface area contributed by atoms with E-state index < -0.39 is 5.91 Å². The first-order valence-corrected chi connectivity index (χ1v) is 8.16. The molecule has 0 spiro atoms. The second kappa shape index (κ2) is 6.78. The molecule has 0 aliphatic carbocycles. The molecule has 128 valence electrons. The Labute approximate surface area is 153 Å². The summed E-state index contributed by atoms with van der Waals surface area (Å²) >= 11 is 12.2. The number of rotatable bonds is 3. The monoisotopic (exact) mass is 376 g/mol. The second-order valence-corrected chi connectivity index (χ2v) is 6.27. The van der Waals surface area contributed by atoms with Crippen molar-refractivity contribution in [2.75, 3.05) is 5.32 Å². The largest absolute Gasteiger partial charge is 0.458 e. The van der Waals surface area contributed by atoms with Crippen molar-refractivity contribution in [1.29, 1.82) is 0 Å². The number of nitrogens with one attached hydrogen (secondary N) is 1. The predicted molar refractivity (Wildman–Crippen MR) is 99.4 cm³/mol. The van der Waals surface area contributed by atoms with Gasteiger partial charge < -0.3 is 14.9 Å². The van der Waals surface area contributed by atoms with Gasteiger partial charge in [0.25, 0.3) is 5.91 Å². The molecule has 7 heteroatoms. The Morgan fingerprint density at radius 1 is 1.12 bits per heavy atom. The van der Waals surface area contributed by atoms with Crippen LogP contribution in [0.1, 0.15) is 28.6 Å². The molecule has 0 saturated carbocycles. The van der Waals surface area contributed by atoms with E-state index in [-0.39, 0.29) is 15.6 Å². The summed E-state index contributed by atoms with van der Waals surface area (Å²) in [6.07, 6.45) is 0. The van der Waals surface area contributed by atoms with Crippen LogP contribution >= 0.6 is 23.2 Å². The molecule has 3 rings (SSSR count). The molecule has 0 bridgehead atoms. The number of aryl methyl sites for hydroxylation is 1. The number of oxime groups is 1. The van der Waals surface area contributed by atoms with E-state index in [9.17, 15) is 4.79 Å². The van der Waals surface area contributed by atoms with Crippen LogP contribution in [0.3, 0.4) is 0 Å². The zero-order valence-electron chi connectivity index (χ0n) is 13.4. The summed E-state index contributed by atoms with van der Waals surface area (Å²) in [7, 11) is 0. The lowest BCUT2D eigenvalue weighted by molar-refractivity contribution is 0.102. The first kappa shape index (κ1) is 17.3. The van der Waals surface area contributed by atoms with Crippen molar-refractivity contribution in [1.82, 2.24) is 0 Å². The highest BCUT2D eigenvalue weighted by Gasteiger charge is 2.19. The van der Waals surface area contributed by atoms with Crippen LogP contribution in [0.4, 0.5) is 5.69 Å². The lowest BCUT2D eigenvalue weighted by Crippen LogP contribution is -2.13. The van der Waals surface area contributed by atoms with Gasteiger partial charge in [-0.25, -0.2) is 0 Å². The fraction of sp³-hybridized carbons (Fsp3) is 0.111. The number of carbonyl (C=O) groups is 1. The van der Waals surface area contributed by atoms with Crippen LogP contribution in [0, 0.1) is 6.92 Å². The first-order chi connectivity index (χ1) is 11.9. The quantitative estimate of drug-likeness (QED) is 0.360. The number of halogens is 2. The number of amides is 1. The van der Waals surface area contributed by atoms with Crippen molar-refractivity contribution < 1.29 is 14.4 Å². The smallest absolute Gasteiger partial charge is 0.258 e. The van der Waals surface area contributed by atoms with Crippen molar-refractivity contribution in [3.63, 3.8) is 0 Å². The van der Waals surface area contributed by atoms with Crippen LogP contribution in [-0.2, 0) is 0 Å². The Morgan fingerprint density at radius 2 is 1.76 bits per heavy atom. The molecule has 25 heavy (non-hydrogen) atoms. The first-order valence-electron chi connectivity index (χ1n) is 7.40. The highest BCUT2D eigenvalue weighted by Crippen LogP contribution is 2.33. The number of benzene rings is 2. The molecule has 2 aromatic carbocycles. The molecule has 0 unspecified atom stereocenters. The number of nitrogens with zero attached hydrogens (tertiary/aromatic N) is 1. The Hall–Kier alpha value is -2.50. The minimum Gasteiger partial charge on any atom is -0.458 e. The van der Waals surface area contributed by atoms with E-state index in [4.69, 9.17) is 32.8 Å². The minimum atomic E-state index is -0.439. The molecule has 0 aliphatic heterocycles. The zero-order valence-corrected chi connectivity index (χ0v) is 14.9. The Balaban J connectivity index is 2.07. The number of anilines is 1. The molecule has 0 radical (unpaired) electrons. The van der Waals surface area contributed by atoms with Crippen LogP contribution < -0.4 is 5.32 Å². The molecule has 2 N–H and O–H groups in total. The second-order valence-electron chi connectivity index (χ2n) is 5.45. The van der Waals surface area contributed by atoms with Gasteiger partial charge >= 0.3 is 0 Å². The summed E-state index contributed by atoms with van der Waals surface area (Å²) in [6.45, 7) is 3.44. The van der Waals surface area contributed by atoms with Crippen molar-refractivity contribution in [3.8, 4) is 0 Å². The molecule has 0 saturated heterocycles. The number of carbonyl (C=O) groups excluding carboxylic acids is 1. The fourth-order valence-electron chi connectivity index (χ4n) is 2.74. The summed E-state index contributed by atoms with van der Waals surface area (Å²) < 4.78 is 5.78. The average molecular weight is 377 g/mol. The van der Waals surface area contributed by atoms with E-state index in [1.807, 2.05) is 6.07 Å². The van der Waals surface area contributed by atoms with Gasteiger partial charge in [0.05, 0.1) is 27.0 Å². The SMILES string of the molecule is CC(=NO)c1c(C)oc2c(NC(=O)c3c(Cl)cccc3Cl)cccc12. The molecule has 0 fully saturated rings. The van der Waals surface area contributed by atoms with Crippen molar-refractivity contribution in [3.05, 3.63) is 63.3 Å². The molecule has 5 nitrogen and oxygen atoms in total. The maximum absolute atomic E-state index is 12.6. The number of fused-ring (bicyclic) bond motifs is 1. The van der Waals surface area contributed by atoms with E-state index in [1.54, 1.807) is 44.2 Å². The number of hydrogen-bond donors (Lipinski definition) is 2. The van der Waals surface area contributed by atoms with Crippen LogP contribution in [0.15, 0.2) is 46.0 Å². The lowest BCUT2D eigenvalue weighted by Gasteiger charge is -2.09. The third-order valence-electron chi connectivity index (χ3n) is 3.84.